The lowest BCUT2D eigenvalue weighted by molar-refractivity contribution is -0.114. The molecule has 1 aromatic heterocycles. The third kappa shape index (κ3) is 6.69. The van der Waals surface area contributed by atoms with Crippen LogP contribution in [0.25, 0.3) is 0 Å². The van der Waals surface area contributed by atoms with Gasteiger partial charge in [0.25, 0.3) is 5.91 Å². The van der Waals surface area contributed by atoms with Gasteiger partial charge in [-0.1, -0.05) is 60.3 Å². The van der Waals surface area contributed by atoms with Gasteiger partial charge in [0.1, 0.15) is 5.00 Å². The van der Waals surface area contributed by atoms with Gasteiger partial charge in [-0.2, -0.15) is 5.26 Å². The van der Waals surface area contributed by atoms with Crippen LogP contribution in [0.15, 0.2) is 82.5 Å². The molecule has 220 valence electrons. The van der Waals surface area contributed by atoms with Crippen molar-refractivity contribution in [2.45, 2.75) is 45.4 Å². The quantitative estimate of drug-likeness (QED) is 0.236. The van der Waals surface area contributed by atoms with Gasteiger partial charge >= 0.3 is 5.97 Å². The van der Waals surface area contributed by atoms with E-state index < -0.39 is 11.9 Å². The smallest absolute Gasteiger partial charge is 0.341 e. The maximum absolute atomic E-state index is 13.6. The molecule has 0 saturated heterocycles. The molecule has 3 N–H and O–H groups in total. The molecule has 2 aromatic carbocycles. The first-order valence-corrected chi connectivity index (χ1v) is 16.0. The van der Waals surface area contributed by atoms with Gasteiger partial charge in [-0.3, -0.25) is 9.59 Å². The van der Waals surface area contributed by atoms with Crippen LogP contribution in [0.5, 0.6) is 0 Å². The van der Waals surface area contributed by atoms with Gasteiger partial charge in [-0.05, 0) is 62.8 Å². The number of carbonyl (C=O) groups is 3. The zero-order valence-corrected chi connectivity index (χ0v) is 25.6. The number of dihydropyridines is 1. The van der Waals surface area contributed by atoms with Crippen LogP contribution in [-0.4, -0.2) is 30.1 Å². The van der Waals surface area contributed by atoms with Crippen molar-refractivity contribution in [2.24, 2.45) is 0 Å². The third-order valence-electron chi connectivity index (χ3n) is 7.31. The summed E-state index contributed by atoms with van der Waals surface area (Å²) >= 11 is 2.63. The molecule has 3 aromatic rings. The van der Waals surface area contributed by atoms with Crippen molar-refractivity contribution in [2.75, 3.05) is 23.0 Å². The number of hydrogen-bond donors (Lipinski definition) is 3. The molecule has 10 heteroatoms. The summed E-state index contributed by atoms with van der Waals surface area (Å²) in [6.07, 6.45) is 3.72. The molecule has 1 aliphatic carbocycles. The summed E-state index contributed by atoms with van der Waals surface area (Å²) in [6, 6.07) is 20.9. The molecule has 0 radical (unpaired) electrons. The fourth-order valence-electron chi connectivity index (χ4n) is 5.40. The molecule has 0 spiro atoms. The van der Waals surface area contributed by atoms with Crippen molar-refractivity contribution in [3.63, 3.8) is 0 Å². The number of thioether (sulfide) groups is 1. The molecule has 2 heterocycles. The van der Waals surface area contributed by atoms with Crippen LogP contribution in [0.1, 0.15) is 59.0 Å². The summed E-state index contributed by atoms with van der Waals surface area (Å²) in [7, 11) is 0. The van der Waals surface area contributed by atoms with E-state index in [1.165, 1.54) is 23.1 Å². The summed E-state index contributed by atoms with van der Waals surface area (Å²) in [5.74, 6) is -1.65. The van der Waals surface area contributed by atoms with Crippen molar-refractivity contribution in [3.8, 4) is 6.07 Å². The number of amides is 2. The summed E-state index contributed by atoms with van der Waals surface area (Å²) in [4.78, 5) is 40.7. The normalized spacial score (nSPS) is 16.1. The highest BCUT2D eigenvalue weighted by atomic mass is 32.2. The van der Waals surface area contributed by atoms with Crippen LogP contribution in [0, 0.1) is 11.3 Å². The topological polar surface area (TPSA) is 120 Å². The first-order valence-electron chi connectivity index (χ1n) is 14.2. The van der Waals surface area contributed by atoms with E-state index in [1.54, 1.807) is 26.0 Å². The van der Waals surface area contributed by atoms with E-state index in [4.69, 9.17) is 4.74 Å². The van der Waals surface area contributed by atoms with E-state index in [2.05, 4.69) is 22.0 Å². The average Bonchev–Trinajstić information content (AvgIpc) is 3.38. The van der Waals surface area contributed by atoms with Crippen molar-refractivity contribution in [3.05, 3.63) is 104 Å². The number of fused-ring (bicyclic) bond motifs is 1. The molecule has 1 aliphatic heterocycles. The van der Waals surface area contributed by atoms with Crippen molar-refractivity contribution in [1.29, 1.82) is 5.26 Å². The lowest BCUT2D eigenvalue weighted by Crippen LogP contribution is -2.31. The lowest BCUT2D eigenvalue weighted by Gasteiger charge is -2.29. The van der Waals surface area contributed by atoms with Gasteiger partial charge in [0.15, 0.2) is 0 Å². The van der Waals surface area contributed by atoms with Crippen LogP contribution >= 0.6 is 23.1 Å². The van der Waals surface area contributed by atoms with Crippen LogP contribution in [-0.2, 0) is 27.2 Å². The number of anilines is 2. The van der Waals surface area contributed by atoms with Gasteiger partial charge in [-0.15, -0.1) is 11.3 Å². The monoisotopic (exact) mass is 612 g/mol. The summed E-state index contributed by atoms with van der Waals surface area (Å²) in [6.45, 7) is 3.82. The number of nitrogens with zero attached hydrogens (tertiary/aromatic N) is 1. The third-order valence-corrected chi connectivity index (χ3v) is 9.53. The highest BCUT2D eigenvalue weighted by Gasteiger charge is 2.35. The zero-order chi connectivity index (χ0) is 30.3. The average molecular weight is 613 g/mol. The largest absolute Gasteiger partial charge is 0.462 e. The van der Waals surface area contributed by atoms with E-state index in [9.17, 15) is 19.6 Å². The first-order chi connectivity index (χ1) is 20.9. The van der Waals surface area contributed by atoms with E-state index >= 15 is 0 Å². The van der Waals surface area contributed by atoms with E-state index in [-0.39, 0.29) is 24.2 Å². The second kappa shape index (κ2) is 13.8. The number of benzene rings is 2. The molecular weight excluding hydrogens is 581 g/mol. The summed E-state index contributed by atoms with van der Waals surface area (Å²) in [5.41, 5.74) is 4.27. The second-order valence-corrected chi connectivity index (χ2v) is 12.2. The number of aryl methyl sites for hydroxylation is 1. The Labute approximate surface area is 259 Å². The lowest BCUT2D eigenvalue weighted by atomic mass is 9.82. The Morgan fingerprint density at radius 1 is 1.05 bits per heavy atom. The number of esters is 1. The number of ether oxygens (including phenoxy) is 1. The number of carbonyl (C=O) groups excluding carboxylic acids is 3. The Hall–Kier alpha value is -4.33. The molecule has 0 fully saturated rings. The van der Waals surface area contributed by atoms with Crippen molar-refractivity contribution >= 4 is 51.6 Å². The number of allylic oxidation sites excluding steroid dienone is 2. The summed E-state index contributed by atoms with van der Waals surface area (Å²) in [5, 5.41) is 20.5. The Balaban J connectivity index is 1.39. The van der Waals surface area contributed by atoms with E-state index in [0.29, 0.717) is 38.1 Å². The van der Waals surface area contributed by atoms with Gasteiger partial charge in [-0.25, -0.2) is 4.79 Å². The van der Waals surface area contributed by atoms with Crippen LogP contribution in [0.2, 0.25) is 0 Å². The number of nitrogens with one attached hydrogen (secondary N) is 3. The number of para-hydroxylation sites is 1. The molecule has 5 rings (SSSR count). The molecule has 2 amide bonds. The zero-order valence-electron chi connectivity index (χ0n) is 24.0. The molecule has 1 atom stereocenters. The van der Waals surface area contributed by atoms with E-state index in [0.717, 1.165) is 41.7 Å². The Bertz CT molecular complexity index is 1640. The highest BCUT2D eigenvalue weighted by molar-refractivity contribution is 8.03. The van der Waals surface area contributed by atoms with Crippen LogP contribution < -0.4 is 16.0 Å². The predicted octanol–water partition coefficient (Wildman–Crippen LogP) is 6.51. The fraction of sp³-hybridized carbons (Fsp3) is 0.273. The maximum Gasteiger partial charge on any atom is 0.341 e. The fourth-order valence-corrected chi connectivity index (χ4v) is 7.59. The molecular formula is C33H32N4O4S2. The van der Waals surface area contributed by atoms with Gasteiger partial charge in [0.05, 0.1) is 40.5 Å². The molecule has 2 aliphatic rings. The van der Waals surface area contributed by atoms with Crippen molar-refractivity contribution < 1.29 is 19.1 Å². The van der Waals surface area contributed by atoms with Crippen molar-refractivity contribution in [1.82, 2.24) is 5.32 Å². The molecule has 0 bridgehead atoms. The Kier molecular flexibility index (Phi) is 9.65. The minimum absolute atomic E-state index is 0.00131. The molecule has 8 nitrogen and oxygen atoms in total. The number of thiophene rings is 1. The minimum Gasteiger partial charge on any atom is -0.462 e. The minimum atomic E-state index is -0.624. The number of hydrogen-bond acceptors (Lipinski definition) is 8. The SMILES string of the molecule is CCOC(=O)c1c(NC(=O)CSC2=C(C#N)C(c3ccccc3)C(C(=O)Nc3ccccc3)=C(C)N2)sc2c1CCCC2. The van der Waals surface area contributed by atoms with Gasteiger partial charge in [0.2, 0.25) is 5.91 Å². The van der Waals surface area contributed by atoms with Crippen LogP contribution in [0.3, 0.4) is 0 Å². The summed E-state index contributed by atoms with van der Waals surface area (Å²) < 4.78 is 5.31. The van der Waals surface area contributed by atoms with Gasteiger partial charge < -0.3 is 20.7 Å². The second-order valence-electron chi connectivity index (χ2n) is 10.2. The molecule has 0 saturated carbocycles. The Morgan fingerprint density at radius 3 is 2.44 bits per heavy atom. The predicted molar refractivity (Wildman–Crippen MR) is 171 cm³/mol. The van der Waals surface area contributed by atoms with E-state index in [1.807, 2.05) is 48.5 Å². The highest BCUT2D eigenvalue weighted by Crippen LogP contribution is 2.42. The maximum atomic E-state index is 13.6. The molecule has 1 unspecified atom stereocenters. The Morgan fingerprint density at radius 2 is 1.74 bits per heavy atom. The number of rotatable bonds is 9. The standard InChI is InChI=1S/C33H32N4O4S2/c1-3-41-33(40)29-23-16-10-11-17-25(23)43-32(29)37-26(38)19-42-31-24(18-34)28(21-12-6-4-7-13-21)27(20(2)35-31)30(39)36-22-14-8-5-9-15-22/h4-9,12-15,28,35H,3,10-11,16-17,19H2,1-2H3,(H,36,39)(H,37,38). The van der Waals surface area contributed by atoms with Gasteiger partial charge in [0, 0.05) is 21.8 Å². The van der Waals surface area contributed by atoms with Crippen LogP contribution in [0.4, 0.5) is 10.7 Å². The number of nitriles is 1. The molecule has 43 heavy (non-hydrogen) atoms. The first kappa shape index (κ1) is 30.1.